The molecule has 0 aromatic heterocycles. The minimum absolute atomic E-state index is 0.0614. The van der Waals surface area contributed by atoms with Crippen molar-refractivity contribution in [3.05, 3.63) is 0 Å². The molecule has 0 saturated carbocycles. The van der Waals surface area contributed by atoms with Gasteiger partial charge in [-0.2, -0.15) is 13.2 Å². The number of ether oxygens (including phenoxy) is 1. The third-order valence-corrected chi connectivity index (χ3v) is 1.32. The van der Waals surface area contributed by atoms with Crippen molar-refractivity contribution in [3.8, 4) is 0 Å². The molecule has 0 amide bonds. The maximum absolute atomic E-state index is 11.7. The van der Waals surface area contributed by atoms with Gasteiger partial charge in [-0.05, 0) is 6.42 Å². The quantitative estimate of drug-likeness (QED) is 0.593. The Morgan fingerprint density at radius 2 is 1.91 bits per heavy atom. The van der Waals surface area contributed by atoms with Crippen molar-refractivity contribution >= 4 is 0 Å². The highest BCUT2D eigenvalue weighted by molar-refractivity contribution is 4.65. The molecule has 0 heterocycles. The van der Waals surface area contributed by atoms with Gasteiger partial charge in [0.05, 0.1) is 5.92 Å². The zero-order valence-electron chi connectivity index (χ0n) is 6.12. The number of rotatable bonds is 4. The summed E-state index contributed by atoms with van der Waals surface area (Å²) in [5.41, 5.74) is 0. The van der Waals surface area contributed by atoms with E-state index in [4.69, 9.17) is 0 Å². The first-order valence-corrected chi connectivity index (χ1v) is 3.14. The van der Waals surface area contributed by atoms with Gasteiger partial charge in [-0.3, -0.25) is 4.39 Å². The van der Waals surface area contributed by atoms with E-state index in [1.807, 2.05) is 0 Å². The first kappa shape index (κ1) is 10.7. The van der Waals surface area contributed by atoms with Gasteiger partial charge in [-0.1, -0.05) is 0 Å². The molecule has 0 aromatic rings. The van der Waals surface area contributed by atoms with Crippen molar-refractivity contribution in [1.82, 2.24) is 0 Å². The highest BCUT2D eigenvalue weighted by Crippen LogP contribution is 2.28. The zero-order chi connectivity index (χ0) is 8.91. The van der Waals surface area contributed by atoms with E-state index in [2.05, 4.69) is 4.74 Å². The van der Waals surface area contributed by atoms with Crippen LogP contribution in [0.15, 0.2) is 0 Å². The van der Waals surface area contributed by atoms with Crippen LogP contribution in [0, 0.1) is 5.92 Å². The Bertz CT molecular complexity index is 101. The molecule has 0 radical (unpaired) electrons. The van der Waals surface area contributed by atoms with Crippen LogP contribution in [0.1, 0.15) is 6.42 Å². The largest absolute Gasteiger partial charge is 0.394 e. The van der Waals surface area contributed by atoms with Crippen LogP contribution < -0.4 is 0 Å². The monoisotopic (exact) mass is 174 g/mol. The summed E-state index contributed by atoms with van der Waals surface area (Å²) in [6.07, 6.45) is -4.75. The third kappa shape index (κ3) is 4.19. The van der Waals surface area contributed by atoms with Gasteiger partial charge in [0.25, 0.3) is 0 Å². The minimum Gasteiger partial charge on any atom is -0.385 e. The zero-order valence-corrected chi connectivity index (χ0v) is 6.12. The highest BCUT2D eigenvalue weighted by atomic mass is 19.4. The molecule has 0 spiro atoms. The van der Waals surface area contributed by atoms with Crippen molar-refractivity contribution in [2.24, 2.45) is 5.92 Å². The van der Waals surface area contributed by atoms with E-state index >= 15 is 0 Å². The molecule has 0 N–H and O–H groups in total. The fourth-order valence-corrected chi connectivity index (χ4v) is 0.588. The lowest BCUT2D eigenvalue weighted by Gasteiger charge is -2.15. The summed E-state index contributed by atoms with van der Waals surface area (Å²) < 4.78 is 51.3. The van der Waals surface area contributed by atoms with E-state index in [-0.39, 0.29) is 13.0 Å². The standard InChI is InChI=1S/C6H10F4O/c1-11-3-2-5(4-7)6(8,9)10/h5H,2-4H2,1H3. The summed E-state index contributed by atoms with van der Waals surface area (Å²) >= 11 is 0. The lowest BCUT2D eigenvalue weighted by Crippen LogP contribution is -2.25. The van der Waals surface area contributed by atoms with Crippen LogP contribution >= 0.6 is 0 Å². The second-order valence-corrected chi connectivity index (χ2v) is 2.17. The van der Waals surface area contributed by atoms with Crippen molar-refractivity contribution in [1.29, 1.82) is 0 Å². The van der Waals surface area contributed by atoms with Gasteiger partial charge in [-0.25, -0.2) is 0 Å². The smallest absolute Gasteiger partial charge is 0.385 e. The summed E-state index contributed by atoms with van der Waals surface area (Å²) in [5, 5.41) is 0. The van der Waals surface area contributed by atoms with Crippen LogP contribution in [0.5, 0.6) is 0 Å². The maximum Gasteiger partial charge on any atom is 0.394 e. The second kappa shape index (κ2) is 4.54. The molecule has 1 atom stereocenters. The number of alkyl halides is 4. The van der Waals surface area contributed by atoms with E-state index in [0.717, 1.165) is 0 Å². The molecule has 0 aliphatic rings. The summed E-state index contributed by atoms with van der Waals surface area (Å²) in [4.78, 5) is 0. The minimum atomic E-state index is -4.44. The number of hydrogen-bond acceptors (Lipinski definition) is 1. The van der Waals surface area contributed by atoms with Gasteiger partial charge in [0.15, 0.2) is 0 Å². The fourth-order valence-electron chi connectivity index (χ4n) is 0.588. The molecule has 0 aliphatic carbocycles. The van der Waals surface area contributed by atoms with Crippen LogP contribution in [0.2, 0.25) is 0 Å². The van der Waals surface area contributed by atoms with Crippen LogP contribution in [0.4, 0.5) is 17.6 Å². The van der Waals surface area contributed by atoms with E-state index in [0.29, 0.717) is 0 Å². The average molecular weight is 174 g/mol. The van der Waals surface area contributed by atoms with E-state index in [1.165, 1.54) is 7.11 Å². The molecule has 0 aromatic carbocycles. The molecule has 68 valence electrons. The van der Waals surface area contributed by atoms with Crippen LogP contribution in [0.25, 0.3) is 0 Å². The van der Waals surface area contributed by atoms with E-state index in [1.54, 1.807) is 0 Å². The van der Waals surface area contributed by atoms with E-state index < -0.39 is 18.8 Å². The van der Waals surface area contributed by atoms with Gasteiger partial charge in [-0.15, -0.1) is 0 Å². The number of hydrogen-bond donors (Lipinski definition) is 0. The van der Waals surface area contributed by atoms with Crippen molar-refractivity contribution < 1.29 is 22.3 Å². The van der Waals surface area contributed by atoms with Crippen LogP contribution in [-0.4, -0.2) is 26.6 Å². The normalized spacial score (nSPS) is 15.0. The fraction of sp³-hybridized carbons (Fsp3) is 1.00. The molecule has 1 nitrogen and oxygen atoms in total. The molecule has 1 unspecified atom stereocenters. The number of methoxy groups -OCH3 is 1. The average Bonchev–Trinajstić information content (AvgIpc) is 1.87. The lowest BCUT2D eigenvalue weighted by molar-refractivity contribution is -0.182. The van der Waals surface area contributed by atoms with Crippen molar-refractivity contribution in [2.45, 2.75) is 12.6 Å². The lowest BCUT2D eigenvalue weighted by atomic mass is 10.1. The van der Waals surface area contributed by atoms with Gasteiger partial charge >= 0.3 is 6.18 Å². The molecule has 5 heteroatoms. The van der Waals surface area contributed by atoms with Gasteiger partial charge in [0.2, 0.25) is 0 Å². The first-order valence-electron chi connectivity index (χ1n) is 3.14. The Labute approximate surface area is 62.3 Å². The molecule has 11 heavy (non-hydrogen) atoms. The summed E-state index contributed by atoms with van der Waals surface area (Å²) in [7, 11) is 1.28. The Morgan fingerprint density at radius 1 is 1.36 bits per heavy atom. The Kier molecular flexibility index (Phi) is 4.40. The van der Waals surface area contributed by atoms with Crippen LogP contribution in [0.3, 0.4) is 0 Å². The predicted molar refractivity (Wildman–Crippen MR) is 32.0 cm³/mol. The number of halogens is 4. The topological polar surface area (TPSA) is 9.23 Å². The summed E-state index contributed by atoms with van der Waals surface area (Å²) in [5.74, 6) is -1.87. The Hall–Kier alpha value is -0.320. The van der Waals surface area contributed by atoms with Crippen molar-refractivity contribution in [2.75, 3.05) is 20.4 Å². The SMILES string of the molecule is COCCC(CF)C(F)(F)F. The summed E-state index contributed by atoms with van der Waals surface area (Å²) in [6, 6.07) is 0. The molecular formula is C6H10F4O. The summed E-state index contributed by atoms with van der Waals surface area (Å²) in [6.45, 7) is -1.43. The van der Waals surface area contributed by atoms with E-state index in [9.17, 15) is 17.6 Å². The molecule has 0 bridgehead atoms. The molecule has 0 fully saturated rings. The van der Waals surface area contributed by atoms with Crippen molar-refractivity contribution in [3.63, 3.8) is 0 Å². The molecule has 0 saturated heterocycles. The third-order valence-electron chi connectivity index (χ3n) is 1.32. The van der Waals surface area contributed by atoms with Crippen LogP contribution in [-0.2, 0) is 4.74 Å². The first-order chi connectivity index (χ1) is 5.02. The molecular weight excluding hydrogens is 164 g/mol. The predicted octanol–water partition coefficient (Wildman–Crippen LogP) is 2.17. The molecule has 0 aliphatic heterocycles. The van der Waals surface area contributed by atoms with Gasteiger partial charge < -0.3 is 4.74 Å². The van der Waals surface area contributed by atoms with Gasteiger partial charge in [0, 0.05) is 13.7 Å². The maximum atomic E-state index is 11.7. The second-order valence-electron chi connectivity index (χ2n) is 2.17. The molecule has 0 rings (SSSR count). The Morgan fingerprint density at radius 3 is 2.18 bits per heavy atom. The highest BCUT2D eigenvalue weighted by Gasteiger charge is 2.38. The van der Waals surface area contributed by atoms with Gasteiger partial charge in [0.1, 0.15) is 6.67 Å². The Balaban J connectivity index is 3.76.